The summed E-state index contributed by atoms with van der Waals surface area (Å²) in [5, 5.41) is 5.97. The van der Waals surface area contributed by atoms with Crippen molar-refractivity contribution < 1.29 is 9.53 Å². The molecule has 2 unspecified atom stereocenters. The molecule has 2 aliphatic heterocycles. The number of ether oxygens (including phenoxy) is 1. The Morgan fingerprint density at radius 2 is 2.32 bits per heavy atom. The number of rotatable bonds is 2. The molecule has 2 heterocycles. The Kier molecular flexibility index (Phi) is 3.16. The lowest BCUT2D eigenvalue weighted by Gasteiger charge is -2.35. The maximum absolute atomic E-state index is 11.8. The minimum atomic E-state index is -0.230. The van der Waals surface area contributed by atoms with Crippen molar-refractivity contribution in [1.29, 1.82) is 0 Å². The Bertz CT molecular complexity index is 503. The highest BCUT2D eigenvalue weighted by atomic mass is 16.5. The molecule has 1 aromatic rings. The molecule has 2 N–H and O–H groups in total. The SMILES string of the molecule is CNC1C(=O)Nc2cc(N3CCOCC3C)ccc21. The van der Waals surface area contributed by atoms with Crippen LogP contribution in [0.1, 0.15) is 18.5 Å². The van der Waals surface area contributed by atoms with Crippen LogP contribution < -0.4 is 15.5 Å². The first-order valence-electron chi connectivity index (χ1n) is 6.67. The van der Waals surface area contributed by atoms with E-state index in [0.29, 0.717) is 6.04 Å². The normalized spacial score (nSPS) is 26.2. The highest BCUT2D eigenvalue weighted by molar-refractivity contribution is 6.03. The van der Waals surface area contributed by atoms with Crippen LogP contribution in [0.3, 0.4) is 0 Å². The molecule has 1 aromatic carbocycles. The first kappa shape index (κ1) is 12.4. The molecule has 0 spiro atoms. The molecule has 0 bridgehead atoms. The number of nitrogens with one attached hydrogen (secondary N) is 2. The quantitative estimate of drug-likeness (QED) is 0.838. The van der Waals surface area contributed by atoms with Crippen LogP contribution in [0.15, 0.2) is 18.2 Å². The number of nitrogens with zero attached hydrogens (tertiary/aromatic N) is 1. The number of carbonyl (C=O) groups excluding carboxylic acids is 1. The van der Waals surface area contributed by atoms with Crippen LogP contribution in [0.2, 0.25) is 0 Å². The fourth-order valence-electron chi connectivity index (χ4n) is 2.83. The fourth-order valence-corrected chi connectivity index (χ4v) is 2.83. The van der Waals surface area contributed by atoms with Crippen LogP contribution in [0.25, 0.3) is 0 Å². The van der Waals surface area contributed by atoms with E-state index in [1.165, 1.54) is 0 Å². The number of anilines is 2. The van der Waals surface area contributed by atoms with Crippen molar-refractivity contribution in [2.45, 2.75) is 19.0 Å². The zero-order valence-corrected chi connectivity index (χ0v) is 11.3. The smallest absolute Gasteiger partial charge is 0.246 e. The van der Waals surface area contributed by atoms with Gasteiger partial charge in [-0.15, -0.1) is 0 Å². The van der Waals surface area contributed by atoms with Crippen LogP contribution in [0, 0.1) is 0 Å². The van der Waals surface area contributed by atoms with Crippen LogP contribution >= 0.6 is 0 Å². The summed E-state index contributed by atoms with van der Waals surface area (Å²) >= 11 is 0. The van der Waals surface area contributed by atoms with Crippen molar-refractivity contribution in [3.05, 3.63) is 23.8 Å². The average Bonchev–Trinajstić information content (AvgIpc) is 2.73. The number of hydrogen-bond acceptors (Lipinski definition) is 4. The van der Waals surface area contributed by atoms with Gasteiger partial charge in [0, 0.05) is 29.5 Å². The molecule has 2 atom stereocenters. The average molecular weight is 261 g/mol. The summed E-state index contributed by atoms with van der Waals surface area (Å²) < 4.78 is 5.46. The van der Waals surface area contributed by atoms with E-state index in [2.05, 4.69) is 34.6 Å². The van der Waals surface area contributed by atoms with Crippen molar-refractivity contribution in [2.75, 3.05) is 37.0 Å². The van der Waals surface area contributed by atoms with Gasteiger partial charge in [-0.1, -0.05) is 6.07 Å². The molecular formula is C14H19N3O2. The standard InChI is InChI=1S/C14H19N3O2/c1-9-8-19-6-5-17(9)10-3-4-11-12(7-10)16-14(18)13(11)15-2/h3-4,7,9,13,15H,5-6,8H2,1-2H3,(H,16,18). The Hall–Kier alpha value is -1.59. The molecule has 5 heteroatoms. The predicted octanol–water partition coefficient (Wildman–Crippen LogP) is 1.12. The molecule has 0 radical (unpaired) electrons. The lowest BCUT2D eigenvalue weighted by molar-refractivity contribution is -0.117. The summed E-state index contributed by atoms with van der Waals surface area (Å²) in [4.78, 5) is 14.1. The van der Waals surface area contributed by atoms with Crippen molar-refractivity contribution in [1.82, 2.24) is 5.32 Å². The first-order valence-corrected chi connectivity index (χ1v) is 6.67. The highest BCUT2D eigenvalue weighted by Gasteiger charge is 2.30. The zero-order chi connectivity index (χ0) is 13.4. The largest absolute Gasteiger partial charge is 0.377 e. The number of likely N-dealkylation sites (N-methyl/N-ethyl adjacent to an activating group) is 1. The van der Waals surface area contributed by atoms with Gasteiger partial charge in [0.1, 0.15) is 6.04 Å². The van der Waals surface area contributed by atoms with Gasteiger partial charge in [0.2, 0.25) is 5.91 Å². The van der Waals surface area contributed by atoms with E-state index >= 15 is 0 Å². The van der Waals surface area contributed by atoms with Gasteiger partial charge in [0.25, 0.3) is 0 Å². The molecule has 102 valence electrons. The fraction of sp³-hybridized carbons (Fsp3) is 0.500. The molecule has 1 amide bonds. The molecule has 1 saturated heterocycles. The lowest BCUT2D eigenvalue weighted by Crippen LogP contribution is -2.43. The molecule has 5 nitrogen and oxygen atoms in total. The maximum Gasteiger partial charge on any atom is 0.246 e. The van der Waals surface area contributed by atoms with E-state index in [4.69, 9.17) is 4.74 Å². The van der Waals surface area contributed by atoms with Crippen LogP contribution in [0.5, 0.6) is 0 Å². The van der Waals surface area contributed by atoms with E-state index in [1.54, 1.807) is 7.05 Å². The Balaban J connectivity index is 1.90. The van der Waals surface area contributed by atoms with Gasteiger partial charge in [0.05, 0.1) is 13.2 Å². The third-order valence-electron chi connectivity index (χ3n) is 3.86. The van der Waals surface area contributed by atoms with Gasteiger partial charge in [-0.2, -0.15) is 0 Å². The van der Waals surface area contributed by atoms with Gasteiger partial charge in [-0.05, 0) is 26.1 Å². The Morgan fingerprint density at radius 3 is 3.05 bits per heavy atom. The first-order chi connectivity index (χ1) is 9.20. The van der Waals surface area contributed by atoms with E-state index in [-0.39, 0.29) is 11.9 Å². The third-order valence-corrected chi connectivity index (χ3v) is 3.86. The van der Waals surface area contributed by atoms with E-state index in [1.807, 2.05) is 6.07 Å². The molecule has 2 aliphatic rings. The minimum absolute atomic E-state index is 0.0182. The topological polar surface area (TPSA) is 53.6 Å². The van der Waals surface area contributed by atoms with Crippen LogP contribution in [-0.4, -0.2) is 38.8 Å². The number of fused-ring (bicyclic) bond motifs is 1. The molecule has 0 saturated carbocycles. The molecule has 0 aliphatic carbocycles. The Morgan fingerprint density at radius 1 is 1.47 bits per heavy atom. The summed E-state index contributed by atoms with van der Waals surface area (Å²) in [6.07, 6.45) is 0. The second-order valence-corrected chi connectivity index (χ2v) is 5.10. The monoisotopic (exact) mass is 261 g/mol. The maximum atomic E-state index is 11.8. The van der Waals surface area contributed by atoms with Gasteiger partial charge < -0.3 is 20.3 Å². The summed E-state index contributed by atoms with van der Waals surface area (Å²) in [5.41, 5.74) is 3.09. The van der Waals surface area contributed by atoms with Gasteiger partial charge in [-0.3, -0.25) is 4.79 Å². The Labute approximate surface area is 112 Å². The van der Waals surface area contributed by atoms with Gasteiger partial charge in [0.15, 0.2) is 0 Å². The number of benzene rings is 1. The van der Waals surface area contributed by atoms with Crippen molar-refractivity contribution >= 4 is 17.3 Å². The summed E-state index contributed by atoms with van der Waals surface area (Å²) in [6.45, 7) is 4.56. The van der Waals surface area contributed by atoms with Gasteiger partial charge >= 0.3 is 0 Å². The highest BCUT2D eigenvalue weighted by Crippen LogP contribution is 2.34. The molecule has 19 heavy (non-hydrogen) atoms. The van der Waals surface area contributed by atoms with Crippen molar-refractivity contribution in [2.24, 2.45) is 0 Å². The molecular weight excluding hydrogens is 242 g/mol. The molecule has 0 aromatic heterocycles. The van der Waals surface area contributed by atoms with Gasteiger partial charge in [-0.25, -0.2) is 0 Å². The predicted molar refractivity (Wildman–Crippen MR) is 74.5 cm³/mol. The minimum Gasteiger partial charge on any atom is -0.377 e. The lowest BCUT2D eigenvalue weighted by atomic mass is 10.1. The number of morpholine rings is 1. The van der Waals surface area contributed by atoms with Crippen molar-refractivity contribution in [3.63, 3.8) is 0 Å². The van der Waals surface area contributed by atoms with Crippen LogP contribution in [-0.2, 0) is 9.53 Å². The summed E-state index contributed by atoms with van der Waals surface area (Å²) in [5.74, 6) is 0.0182. The third kappa shape index (κ3) is 2.09. The van der Waals surface area contributed by atoms with E-state index < -0.39 is 0 Å². The van der Waals surface area contributed by atoms with Crippen molar-refractivity contribution in [3.8, 4) is 0 Å². The number of carbonyl (C=O) groups is 1. The zero-order valence-electron chi connectivity index (χ0n) is 11.3. The van der Waals surface area contributed by atoms with E-state index in [9.17, 15) is 4.79 Å². The number of amides is 1. The molecule has 1 fully saturated rings. The second kappa shape index (κ2) is 4.83. The summed E-state index contributed by atoms with van der Waals surface area (Å²) in [6, 6.07) is 6.32. The van der Waals surface area contributed by atoms with E-state index in [0.717, 1.165) is 36.7 Å². The summed E-state index contributed by atoms with van der Waals surface area (Å²) in [7, 11) is 1.80. The number of hydrogen-bond donors (Lipinski definition) is 2. The second-order valence-electron chi connectivity index (χ2n) is 5.10. The molecule has 3 rings (SSSR count). The van der Waals surface area contributed by atoms with Crippen LogP contribution in [0.4, 0.5) is 11.4 Å².